The maximum atomic E-state index is 4.38. The van der Waals surface area contributed by atoms with Crippen LogP contribution in [0.25, 0.3) is 0 Å². The maximum absolute atomic E-state index is 4.38. The van der Waals surface area contributed by atoms with Gasteiger partial charge in [-0.2, -0.15) is 0 Å². The van der Waals surface area contributed by atoms with Crippen LogP contribution in [0.1, 0.15) is 30.8 Å². The van der Waals surface area contributed by atoms with Crippen LogP contribution in [-0.4, -0.2) is 18.1 Å². The number of nitrogens with zero attached hydrogens (tertiary/aromatic N) is 2. The molecule has 1 saturated heterocycles. The van der Waals surface area contributed by atoms with Crippen molar-refractivity contribution in [1.82, 2.24) is 4.98 Å². The van der Waals surface area contributed by atoms with Gasteiger partial charge in [0.15, 0.2) is 0 Å². The predicted octanol–water partition coefficient (Wildman–Crippen LogP) is 3.92. The minimum absolute atomic E-state index is 0.253. The van der Waals surface area contributed by atoms with Crippen LogP contribution in [-0.2, 0) is 0 Å². The molecule has 0 aliphatic carbocycles. The Balaban J connectivity index is 1.80. The first-order valence-electron chi connectivity index (χ1n) is 6.84. The molecular weight excluding hydrogens is 254 g/mol. The summed E-state index contributed by atoms with van der Waals surface area (Å²) in [5.74, 6) is 0. The minimum Gasteiger partial charge on any atom is -0.374 e. The molecule has 0 amide bonds. The lowest BCUT2D eigenvalue weighted by Gasteiger charge is -2.23. The van der Waals surface area contributed by atoms with Gasteiger partial charge in [0, 0.05) is 24.7 Å². The zero-order valence-corrected chi connectivity index (χ0v) is 12.0. The third-order valence-corrected chi connectivity index (χ3v) is 4.50. The van der Waals surface area contributed by atoms with Crippen molar-refractivity contribution in [2.45, 2.75) is 25.8 Å². The summed E-state index contributed by atoms with van der Waals surface area (Å²) < 4.78 is 0. The van der Waals surface area contributed by atoms with Crippen LogP contribution in [0.15, 0.2) is 35.8 Å². The Kier molecular flexibility index (Phi) is 3.69. The van der Waals surface area contributed by atoms with E-state index >= 15 is 0 Å². The summed E-state index contributed by atoms with van der Waals surface area (Å²) in [4.78, 5) is 6.85. The van der Waals surface area contributed by atoms with Crippen LogP contribution in [0, 0.1) is 0 Å². The maximum Gasteiger partial charge on any atom is 0.115 e. The number of nitrogens with one attached hydrogen (secondary N) is 1. The van der Waals surface area contributed by atoms with E-state index in [1.807, 2.05) is 11.6 Å². The molecule has 1 aliphatic heterocycles. The standard InChI is InChI=1S/C15H19N3S/c1-12(15-16-8-11-19-15)17-13-6-2-3-7-14(13)18-9-4-5-10-18/h2-3,6-8,11-12,17H,4-5,9-10H2,1H3. The molecule has 1 aromatic carbocycles. The molecule has 100 valence electrons. The van der Waals surface area contributed by atoms with E-state index in [0.29, 0.717) is 0 Å². The monoisotopic (exact) mass is 273 g/mol. The molecule has 2 aromatic rings. The molecule has 19 heavy (non-hydrogen) atoms. The molecule has 1 aromatic heterocycles. The van der Waals surface area contributed by atoms with Gasteiger partial charge in [-0.3, -0.25) is 0 Å². The fourth-order valence-electron chi connectivity index (χ4n) is 2.57. The SMILES string of the molecule is CC(Nc1ccccc1N1CCCC1)c1nccs1. The van der Waals surface area contributed by atoms with E-state index in [1.165, 1.54) is 37.3 Å². The summed E-state index contributed by atoms with van der Waals surface area (Å²) in [6.07, 6.45) is 4.47. The Hall–Kier alpha value is -1.55. The van der Waals surface area contributed by atoms with Gasteiger partial charge in [0.05, 0.1) is 17.4 Å². The average Bonchev–Trinajstić information content (AvgIpc) is 3.13. The van der Waals surface area contributed by atoms with Gasteiger partial charge in [-0.25, -0.2) is 4.98 Å². The normalized spacial score (nSPS) is 16.6. The summed E-state index contributed by atoms with van der Waals surface area (Å²) in [7, 11) is 0. The fourth-order valence-corrected chi connectivity index (χ4v) is 3.22. The third kappa shape index (κ3) is 2.73. The molecule has 1 fully saturated rings. The van der Waals surface area contributed by atoms with E-state index in [-0.39, 0.29) is 6.04 Å². The quantitative estimate of drug-likeness (QED) is 0.915. The summed E-state index contributed by atoms with van der Waals surface area (Å²) in [5, 5.41) is 6.76. The number of hydrogen-bond donors (Lipinski definition) is 1. The molecule has 1 atom stereocenters. The highest BCUT2D eigenvalue weighted by molar-refractivity contribution is 7.09. The Labute approximate surface area is 118 Å². The van der Waals surface area contributed by atoms with Crippen LogP contribution in [0.4, 0.5) is 11.4 Å². The van der Waals surface area contributed by atoms with Gasteiger partial charge in [-0.1, -0.05) is 12.1 Å². The summed E-state index contributed by atoms with van der Waals surface area (Å²) in [6, 6.07) is 8.84. The Morgan fingerprint density at radius 2 is 2.05 bits per heavy atom. The third-order valence-electron chi connectivity index (χ3n) is 3.54. The summed E-state index contributed by atoms with van der Waals surface area (Å²) >= 11 is 1.70. The zero-order valence-electron chi connectivity index (χ0n) is 11.2. The van der Waals surface area contributed by atoms with Crippen LogP contribution in [0.2, 0.25) is 0 Å². The average molecular weight is 273 g/mol. The summed E-state index contributed by atoms with van der Waals surface area (Å²) in [5.41, 5.74) is 2.54. The lowest BCUT2D eigenvalue weighted by Crippen LogP contribution is -2.19. The van der Waals surface area contributed by atoms with Gasteiger partial charge in [0.1, 0.15) is 5.01 Å². The molecule has 1 N–H and O–H groups in total. The molecule has 1 aliphatic rings. The van der Waals surface area contributed by atoms with Crippen LogP contribution in [0.3, 0.4) is 0 Å². The first kappa shape index (κ1) is 12.5. The van der Waals surface area contributed by atoms with Crippen molar-refractivity contribution in [2.24, 2.45) is 0 Å². The molecule has 4 heteroatoms. The molecule has 1 unspecified atom stereocenters. The van der Waals surface area contributed by atoms with Crippen molar-refractivity contribution < 1.29 is 0 Å². The second-order valence-corrected chi connectivity index (χ2v) is 5.87. The molecule has 0 saturated carbocycles. The van der Waals surface area contributed by atoms with Crippen LogP contribution in [0.5, 0.6) is 0 Å². The highest BCUT2D eigenvalue weighted by Gasteiger charge is 2.17. The number of para-hydroxylation sites is 2. The second kappa shape index (κ2) is 5.61. The van der Waals surface area contributed by atoms with Gasteiger partial charge >= 0.3 is 0 Å². The topological polar surface area (TPSA) is 28.2 Å². The second-order valence-electron chi connectivity index (χ2n) is 4.95. The zero-order chi connectivity index (χ0) is 13.1. The lowest BCUT2D eigenvalue weighted by molar-refractivity contribution is 0.865. The number of aromatic nitrogens is 1. The number of anilines is 2. The van der Waals surface area contributed by atoms with E-state index in [0.717, 1.165) is 5.01 Å². The van der Waals surface area contributed by atoms with E-state index in [2.05, 4.69) is 46.4 Å². The molecule has 0 spiro atoms. The van der Waals surface area contributed by atoms with Crippen molar-refractivity contribution in [1.29, 1.82) is 0 Å². The van der Waals surface area contributed by atoms with Crippen molar-refractivity contribution in [3.05, 3.63) is 40.8 Å². The van der Waals surface area contributed by atoms with Gasteiger partial charge in [0.25, 0.3) is 0 Å². The van der Waals surface area contributed by atoms with E-state index in [1.54, 1.807) is 11.3 Å². The number of benzene rings is 1. The minimum atomic E-state index is 0.253. The molecule has 0 bridgehead atoms. The van der Waals surface area contributed by atoms with Gasteiger partial charge in [0.2, 0.25) is 0 Å². The highest BCUT2D eigenvalue weighted by atomic mass is 32.1. The Morgan fingerprint density at radius 1 is 1.26 bits per heavy atom. The van der Waals surface area contributed by atoms with Gasteiger partial charge < -0.3 is 10.2 Å². The van der Waals surface area contributed by atoms with E-state index in [9.17, 15) is 0 Å². The number of thiazole rings is 1. The van der Waals surface area contributed by atoms with Gasteiger partial charge in [-0.05, 0) is 31.9 Å². The van der Waals surface area contributed by atoms with E-state index in [4.69, 9.17) is 0 Å². The Bertz CT molecular complexity index is 518. The van der Waals surface area contributed by atoms with Gasteiger partial charge in [-0.15, -0.1) is 11.3 Å². The first-order valence-corrected chi connectivity index (χ1v) is 7.72. The lowest BCUT2D eigenvalue weighted by atomic mass is 10.2. The number of rotatable bonds is 4. The largest absolute Gasteiger partial charge is 0.374 e. The molecule has 0 radical (unpaired) electrons. The summed E-state index contributed by atoms with van der Waals surface area (Å²) in [6.45, 7) is 4.51. The predicted molar refractivity (Wildman–Crippen MR) is 82.0 cm³/mol. The fraction of sp³-hybridized carbons (Fsp3) is 0.400. The van der Waals surface area contributed by atoms with Crippen molar-refractivity contribution in [3.63, 3.8) is 0 Å². The van der Waals surface area contributed by atoms with E-state index < -0.39 is 0 Å². The smallest absolute Gasteiger partial charge is 0.115 e. The molecule has 2 heterocycles. The Morgan fingerprint density at radius 3 is 2.79 bits per heavy atom. The molecular formula is C15H19N3S. The first-order chi connectivity index (χ1) is 9.34. The van der Waals surface area contributed by atoms with Crippen molar-refractivity contribution >= 4 is 22.7 Å². The van der Waals surface area contributed by atoms with Crippen LogP contribution < -0.4 is 10.2 Å². The molecule has 3 rings (SSSR count). The van der Waals surface area contributed by atoms with Crippen molar-refractivity contribution in [2.75, 3.05) is 23.3 Å². The van der Waals surface area contributed by atoms with Crippen LogP contribution >= 0.6 is 11.3 Å². The highest BCUT2D eigenvalue weighted by Crippen LogP contribution is 2.31. The number of hydrogen-bond acceptors (Lipinski definition) is 4. The molecule has 3 nitrogen and oxygen atoms in total. The van der Waals surface area contributed by atoms with Crippen molar-refractivity contribution in [3.8, 4) is 0 Å².